The predicted molar refractivity (Wildman–Crippen MR) is 189 cm³/mol. The lowest BCUT2D eigenvalue weighted by Crippen LogP contribution is -2.63. The molecular formula is C35H64N2O18. The average Bonchev–Trinajstić information content (AvgIpc) is 3.79. The SMILES string of the molecule is CCCCCCCCCCCC(=O)OC[C@H]1OC(OC[C@H]2OC(O[C@]3(CO)O[C@H](CO)[C@@H](O)[C@@H]3O)[C@H](O)[C@@H](O)[C@@H]2O)[C@H](O)[C@@H](O)[C@H]1O.OCCC1=NCCN1. The fourth-order valence-corrected chi connectivity index (χ4v) is 6.55. The number of rotatable bonds is 21. The first-order valence-electron chi connectivity index (χ1n) is 19.3. The summed E-state index contributed by atoms with van der Waals surface area (Å²) in [5.41, 5.74) is 0. The molecule has 3 saturated heterocycles. The van der Waals surface area contributed by atoms with Crippen LogP contribution in [0, 0.1) is 0 Å². The van der Waals surface area contributed by atoms with Crippen molar-refractivity contribution in [3.8, 4) is 0 Å². The van der Waals surface area contributed by atoms with Gasteiger partial charge in [-0.25, -0.2) is 0 Å². The van der Waals surface area contributed by atoms with Crippen LogP contribution in [-0.2, 0) is 33.2 Å². The van der Waals surface area contributed by atoms with E-state index >= 15 is 0 Å². The van der Waals surface area contributed by atoms with Gasteiger partial charge < -0.3 is 89.9 Å². The van der Waals surface area contributed by atoms with E-state index in [1.54, 1.807) is 0 Å². The van der Waals surface area contributed by atoms with Crippen molar-refractivity contribution in [2.75, 3.05) is 46.1 Å². The fourth-order valence-electron chi connectivity index (χ4n) is 6.55. The Bertz CT molecular complexity index is 1130. The van der Waals surface area contributed by atoms with E-state index in [4.69, 9.17) is 33.5 Å². The minimum absolute atomic E-state index is 0.164. The standard InChI is InChI=1S/C30H54O17.C5H10N2O/c1-2-3-4-5-6-7-8-9-10-11-19(33)42-13-17-20(34)23(37)25(39)28(44-17)43-14-18-21(35)24(38)26(40)29(45-18)47-30(15-32)27(41)22(36)16(12-31)46-30;8-4-1-5-6-2-3-7-5/h16-18,20-29,31-32,34-41H,2-15H2,1H3;8H,1-4H2,(H,6,7)/t16-,17-,18-,20+,21-,22-,23+,24+,25-,26-,27+,28?,29?,30+;/m1./s1. The largest absolute Gasteiger partial charge is 0.463 e. The highest BCUT2D eigenvalue weighted by Gasteiger charge is 2.58. The van der Waals surface area contributed by atoms with Crippen LogP contribution in [0.15, 0.2) is 4.99 Å². The maximum Gasteiger partial charge on any atom is 0.305 e. The van der Waals surface area contributed by atoms with Gasteiger partial charge in [0.15, 0.2) is 12.6 Å². The van der Waals surface area contributed by atoms with Crippen LogP contribution < -0.4 is 5.32 Å². The Morgan fingerprint density at radius 1 is 0.745 bits per heavy atom. The van der Waals surface area contributed by atoms with Crippen molar-refractivity contribution < 1.29 is 89.4 Å². The highest BCUT2D eigenvalue weighted by molar-refractivity contribution is 5.83. The molecule has 0 bridgehead atoms. The molecule has 55 heavy (non-hydrogen) atoms. The van der Waals surface area contributed by atoms with Crippen molar-refractivity contribution in [3.05, 3.63) is 0 Å². The van der Waals surface area contributed by atoms with Gasteiger partial charge in [-0.2, -0.15) is 0 Å². The van der Waals surface area contributed by atoms with E-state index in [-0.39, 0.29) is 13.0 Å². The van der Waals surface area contributed by atoms with Crippen LogP contribution >= 0.6 is 0 Å². The molecule has 0 aliphatic carbocycles. The van der Waals surface area contributed by atoms with Crippen molar-refractivity contribution in [1.29, 1.82) is 0 Å². The van der Waals surface area contributed by atoms with Crippen molar-refractivity contribution in [3.63, 3.8) is 0 Å². The van der Waals surface area contributed by atoms with Gasteiger partial charge in [-0.3, -0.25) is 9.79 Å². The average molecular weight is 801 g/mol. The van der Waals surface area contributed by atoms with Gasteiger partial charge in [0.2, 0.25) is 5.79 Å². The molecule has 0 aromatic heterocycles. The number of esters is 1. The molecule has 12 N–H and O–H groups in total. The second kappa shape index (κ2) is 24.3. The first-order valence-corrected chi connectivity index (χ1v) is 19.3. The van der Waals surface area contributed by atoms with Gasteiger partial charge in [-0.05, 0) is 6.42 Å². The summed E-state index contributed by atoms with van der Waals surface area (Å²) < 4.78 is 32.5. The van der Waals surface area contributed by atoms with Crippen molar-refractivity contribution in [2.45, 2.75) is 163 Å². The third-order valence-electron chi connectivity index (χ3n) is 9.97. The lowest BCUT2D eigenvalue weighted by Gasteiger charge is -2.44. The number of aliphatic hydroxyl groups is 11. The Balaban J connectivity index is 0.000000897. The lowest BCUT2D eigenvalue weighted by molar-refractivity contribution is -0.388. The monoisotopic (exact) mass is 800 g/mol. The first-order chi connectivity index (χ1) is 26.3. The zero-order valence-corrected chi connectivity index (χ0v) is 31.5. The van der Waals surface area contributed by atoms with E-state index in [9.17, 15) is 55.9 Å². The maximum absolute atomic E-state index is 12.3. The molecule has 14 atom stereocenters. The smallest absolute Gasteiger partial charge is 0.305 e. The zero-order valence-electron chi connectivity index (χ0n) is 31.5. The van der Waals surface area contributed by atoms with Crippen LogP contribution in [-0.4, -0.2) is 200 Å². The highest BCUT2D eigenvalue weighted by atomic mass is 16.8. The number of nitrogens with one attached hydrogen (secondary N) is 1. The van der Waals surface area contributed by atoms with Crippen LogP contribution in [0.1, 0.15) is 77.6 Å². The molecule has 4 aliphatic rings. The second-order valence-corrected chi connectivity index (χ2v) is 14.2. The zero-order chi connectivity index (χ0) is 40.5. The molecule has 0 aromatic carbocycles. The maximum atomic E-state index is 12.3. The summed E-state index contributed by atoms with van der Waals surface area (Å²) in [5.74, 6) is -1.95. The van der Waals surface area contributed by atoms with E-state index in [0.29, 0.717) is 12.8 Å². The Labute approximate surface area is 320 Å². The molecule has 0 amide bonds. The summed E-state index contributed by atoms with van der Waals surface area (Å²) in [6.45, 7) is 1.26. The summed E-state index contributed by atoms with van der Waals surface area (Å²) >= 11 is 0. The molecule has 4 heterocycles. The summed E-state index contributed by atoms with van der Waals surface area (Å²) in [7, 11) is 0. The molecule has 2 unspecified atom stereocenters. The van der Waals surface area contributed by atoms with Gasteiger partial charge in [0.05, 0.1) is 32.2 Å². The lowest BCUT2D eigenvalue weighted by atomic mass is 9.98. The van der Waals surface area contributed by atoms with Crippen LogP contribution in [0.5, 0.6) is 0 Å². The molecule has 4 rings (SSSR count). The molecule has 3 fully saturated rings. The normalized spacial score (nSPS) is 37.5. The quantitative estimate of drug-likeness (QED) is 0.0392. The third kappa shape index (κ3) is 13.7. The van der Waals surface area contributed by atoms with E-state index in [1.807, 2.05) is 0 Å². The number of nitrogens with zero attached hydrogens (tertiary/aromatic N) is 1. The highest BCUT2D eigenvalue weighted by Crippen LogP contribution is 2.36. The summed E-state index contributed by atoms with van der Waals surface area (Å²) in [4.78, 5) is 16.3. The van der Waals surface area contributed by atoms with Crippen molar-refractivity contribution in [2.24, 2.45) is 4.99 Å². The number of aliphatic imine (C=N–C) groups is 1. The number of carbonyl (C=O) groups is 1. The number of aliphatic hydroxyl groups excluding tert-OH is 11. The molecule has 0 aromatic rings. The van der Waals surface area contributed by atoms with Crippen LogP contribution in [0.2, 0.25) is 0 Å². The minimum Gasteiger partial charge on any atom is -0.463 e. The van der Waals surface area contributed by atoms with Crippen molar-refractivity contribution in [1.82, 2.24) is 5.32 Å². The van der Waals surface area contributed by atoms with Crippen molar-refractivity contribution >= 4 is 11.8 Å². The fraction of sp³-hybridized carbons (Fsp3) is 0.943. The van der Waals surface area contributed by atoms with Gasteiger partial charge in [0.1, 0.15) is 80.4 Å². The number of amidine groups is 1. The van der Waals surface area contributed by atoms with Gasteiger partial charge in [-0.15, -0.1) is 0 Å². The molecule has 0 spiro atoms. The Hall–Kier alpha value is -1.70. The van der Waals surface area contributed by atoms with Crippen LogP contribution in [0.4, 0.5) is 0 Å². The van der Waals surface area contributed by atoms with E-state index in [2.05, 4.69) is 17.2 Å². The Morgan fingerprint density at radius 2 is 1.33 bits per heavy atom. The molecule has 0 saturated carbocycles. The molecular weight excluding hydrogens is 736 g/mol. The molecule has 4 aliphatic heterocycles. The second-order valence-electron chi connectivity index (χ2n) is 14.2. The molecule has 20 heteroatoms. The van der Waals surface area contributed by atoms with E-state index in [1.165, 1.54) is 32.1 Å². The minimum atomic E-state index is -2.38. The molecule has 322 valence electrons. The van der Waals surface area contributed by atoms with Gasteiger partial charge >= 0.3 is 5.97 Å². The van der Waals surface area contributed by atoms with Gasteiger partial charge in [0, 0.05) is 19.4 Å². The third-order valence-corrected chi connectivity index (χ3v) is 9.97. The number of hydrogen-bond donors (Lipinski definition) is 12. The number of ether oxygens (including phenoxy) is 6. The molecule has 0 radical (unpaired) electrons. The summed E-state index contributed by atoms with van der Waals surface area (Å²) in [6, 6.07) is 0. The van der Waals surface area contributed by atoms with Crippen LogP contribution in [0.25, 0.3) is 0 Å². The first kappa shape index (κ1) is 47.7. The number of unbranched alkanes of at least 4 members (excludes halogenated alkanes) is 8. The van der Waals surface area contributed by atoms with E-state index in [0.717, 1.165) is 38.2 Å². The topological polar surface area (TPSA) is 319 Å². The Kier molecular flexibility index (Phi) is 21.0. The number of carbonyl (C=O) groups excluding carboxylic acids is 1. The molecule has 20 nitrogen and oxygen atoms in total. The van der Waals surface area contributed by atoms with Crippen LogP contribution in [0.3, 0.4) is 0 Å². The van der Waals surface area contributed by atoms with Gasteiger partial charge in [0.25, 0.3) is 0 Å². The van der Waals surface area contributed by atoms with E-state index < -0.39 is 118 Å². The summed E-state index contributed by atoms with van der Waals surface area (Å²) in [6.07, 6.45) is -11.6. The predicted octanol–water partition coefficient (Wildman–Crippen LogP) is -3.73. The van der Waals surface area contributed by atoms with Gasteiger partial charge in [-0.1, -0.05) is 58.3 Å². The number of hydrogen-bond acceptors (Lipinski definition) is 20. The Morgan fingerprint density at radius 3 is 1.87 bits per heavy atom. The summed E-state index contributed by atoms with van der Waals surface area (Å²) in [5, 5.41) is 114.